The molecule has 2 aromatic rings. The molecule has 7 heteroatoms. The van der Waals surface area contributed by atoms with Gasteiger partial charge in [0.15, 0.2) is 11.5 Å². The third-order valence-electron chi connectivity index (χ3n) is 4.52. The summed E-state index contributed by atoms with van der Waals surface area (Å²) in [7, 11) is 1.27. The van der Waals surface area contributed by atoms with Gasteiger partial charge in [-0.1, -0.05) is 36.4 Å². The van der Waals surface area contributed by atoms with Gasteiger partial charge < -0.3 is 20.3 Å². The summed E-state index contributed by atoms with van der Waals surface area (Å²) >= 11 is 0. The van der Waals surface area contributed by atoms with E-state index in [1.165, 1.54) is 30.2 Å². The van der Waals surface area contributed by atoms with Crippen LogP contribution < -0.4 is 5.32 Å². The van der Waals surface area contributed by atoms with Crippen LogP contribution in [0, 0.1) is 0 Å². The zero-order chi connectivity index (χ0) is 19.6. The van der Waals surface area contributed by atoms with E-state index in [9.17, 15) is 19.8 Å². The summed E-state index contributed by atoms with van der Waals surface area (Å²) in [6.07, 6.45) is 0. The standard InChI is InChI=1S/C20H20N2O5/c1-12-17(19(25)27-2)18(14-8-9-15(23)16(24)10-14)21-20(26)22(12)11-13-6-4-3-5-7-13/h3-10,18,23-24H,11H2,1-2H3,(H,21,26). The number of aromatic hydroxyl groups is 2. The number of amides is 2. The van der Waals surface area contributed by atoms with Gasteiger partial charge >= 0.3 is 12.0 Å². The van der Waals surface area contributed by atoms with Crippen LogP contribution >= 0.6 is 0 Å². The lowest BCUT2D eigenvalue weighted by Crippen LogP contribution is -2.47. The summed E-state index contributed by atoms with van der Waals surface area (Å²) in [6, 6.07) is 12.4. The molecule has 140 valence electrons. The molecule has 3 N–H and O–H groups in total. The molecule has 0 bridgehead atoms. The minimum atomic E-state index is -0.802. The number of esters is 1. The third kappa shape index (κ3) is 3.57. The van der Waals surface area contributed by atoms with Gasteiger partial charge in [0.25, 0.3) is 0 Å². The maximum Gasteiger partial charge on any atom is 0.337 e. The van der Waals surface area contributed by atoms with Crippen molar-refractivity contribution in [2.75, 3.05) is 7.11 Å². The van der Waals surface area contributed by atoms with Crippen LogP contribution in [0.3, 0.4) is 0 Å². The van der Waals surface area contributed by atoms with Crippen LogP contribution in [0.2, 0.25) is 0 Å². The van der Waals surface area contributed by atoms with Crippen LogP contribution in [0.25, 0.3) is 0 Å². The van der Waals surface area contributed by atoms with E-state index in [0.29, 0.717) is 17.8 Å². The predicted molar refractivity (Wildman–Crippen MR) is 97.7 cm³/mol. The number of rotatable bonds is 4. The number of methoxy groups -OCH3 is 1. The van der Waals surface area contributed by atoms with E-state index < -0.39 is 12.0 Å². The summed E-state index contributed by atoms with van der Waals surface area (Å²) in [5, 5.41) is 22.1. The summed E-state index contributed by atoms with van der Waals surface area (Å²) in [6.45, 7) is 1.98. The van der Waals surface area contributed by atoms with Crippen molar-refractivity contribution in [1.29, 1.82) is 0 Å². The van der Waals surface area contributed by atoms with Gasteiger partial charge in [0.2, 0.25) is 0 Å². The van der Waals surface area contributed by atoms with E-state index in [0.717, 1.165) is 5.56 Å². The zero-order valence-corrected chi connectivity index (χ0v) is 15.0. The van der Waals surface area contributed by atoms with Gasteiger partial charge in [-0.2, -0.15) is 0 Å². The molecule has 0 aliphatic carbocycles. The number of carbonyl (C=O) groups excluding carboxylic acids is 2. The van der Waals surface area contributed by atoms with Crippen molar-refractivity contribution in [2.24, 2.45) is 0 Å². The number of phenols is 2. The van der Waals surface area contributed by atoms with Crippen molar-refractivity contribution in [2.45, 2.75) is 19.5 Å². The van der Waals surface area contributed by atoms with Crippen molar-refractivity contribution in [3.8, 4) is 11.5 Å². The number of carbonyl (C=O) groups is 2. The molecule has 3 rings (SSSR count). The highest BCUT2D eigenvalue weighted by atomic mass is 16.5. The lowest BCUT2D eigenvalue weighted by Gasteiger charge is -2.35. The number of nitrogens with zero attached hydrogens (tertiary/aromatic N) is 1. The number of hydrogen-bond acceptors (Lipinski definition) is 5. The van der Waals surface area contributed by atoms with E-state index in [-0.39, 0.29) is 23.1 Å². The van der Waals surface area contributed by atoms with Crippen molar-refractivity contribution in [3.63, 3.8) is 0 Å². The maximum atomic E-state index is 12.7. The van der Waals surface area contributed by atoms with E-state index in [4.69, 9.17) is 4.74 Å². The molecule has 1 unspecified atom stereocenters. The highest BCUT2D eigenvalue weighted by Crippen LogP contribution is 2.35. The molecular formula is C20H20N2O5. The van der Waals surface area contributed by atoms with Gasteiger partial charge in [0.1, 0.15) is 0 Å². The molecule has 1 aliphatic rings. The van der Waals surface area contributed by atoms with Crippen LogP contribution in [0.5, 0.6) is 11.5 Å². The average Bonchev–Trinajstić information content (AvgIpc) is 2.67. The number of benzene rings is 2. The highest BCUT2D eigenvalue weighted by molar-refractivity contribution is 5.95. The van der Waals surface area contributed by atoms with Crippen LogP contribution in [-0.4, -0.2) is 34.2 Å². The summed E-state index contributed by atoms with van der Waals surface area (Å²) in [5.41, 5.74) is 2.10. The van der Waals surface area contributed by atoms with E-state index >= 15 is 0 Å². The first-order valence-corrected chi connectivity index (χ1v) is 8.35. The Kier molecular flexibility index (Phi) is 5.03. The quantitative estimate of drug-likeness (QED) is 0.569. The Labute approximate surface area is 156 Å². The topological polar surface area (TPSA) is 99.1 Å². The Morgan fingerprint density at radius 2 is 1.85 bits per heavy atom. The first kappa shape index (κ1) is 18.3. The fraction of sp³-hybridized carbons (Fsp3) is 0.200. The minimum absolute atomic E-state index is 0.262. The van der Waals surface area contributed by atoms with Crippen molar-refractivity contribution in [1.82, 2.24) is 10.2 Å². The van der Waals surface area contributed by atoms with Crippen LogP contribution in [0.4, 0.5) is 4.79 Å². The lowest BCUT2D eigenvalue weighted by atomic mass is 9.94. The molecule has 1 aliphatic heterocycles. The second kappa shape index (κ2) is 7.41. The lowest BCUT2D eigenvalue weighted by molar-refractivity contribution is -0.136. The molecule has 1 heterocycles. The molecule has 27 heavy (non-hydrogen) atoms. The van der Waals surface area contributed by atoms with Gasteiger partial charge in [-0.05, 0) is 30.2 Å². The molecular weight excluding hydrogens is 348 g/mol. The Hall–Kier alpha value is -3.48. The van der Waals surface area contributed by atoms with E-state index in [1.54, 1.807) is 6.92 Å². The Morgan fingerprint density at radius 1 is 1.15 bits per heavy atom. The fourth-order valence-corrected chi connectivity index (χ4v) is 3.08. The smallest absolute Gasteiger partial charge is 0.337 e. The molecule has 0 saturated carbocycles. The average molecular weight is 368 g/mol. The van der Waals surface area contributed by atoms with E-state index in [2.05, 4.69) is 5.32 Å². The molecule has 7 nitrogen and oxygen atoms in total. The van der Waals surface area contributed by atoms with Crippen molar-refractivity contribution in [3.05, 3.63) is 70.9 Å². The number of hydrogen-bond donors (Lipinski definition) is 3. The number of urea groups is 1. The predicted octanol–water partition coefficient (Wildman–Crippen LogP) is 2.81. The van der Waals surface area contributed by atoms with Gasteiger partial charge in [0, 0.05) is 5.70 Å². The van der Waals surface area contributed by atoms with Crippen LogP contribution in [0.1, 0.15) is 24.1 Å². The minimum Gasteiger partial charge on any atom is -0.504 e. The molecule has 0 radical (unpaired) electrons. The SMILES string of the molecule is COC(=O)C1=C(C)N(Cc2ccccc2)C(=O)NC1c1ccc(O)c(O)c1. The number of allylic oxidation sites excluding steroid dienone is 1. The molecule has 2 amide bonds. The second-order valence-corrected chi connectivity index (χ2v) is 6.19. The zero-order valence-electron chi connectivity index (χ0n) is 15.0. The first-order valence-electron chi connectivity index (χ1n) is 8.35. The summed E-state index contributed by atoms with van der Waals surface area (Å²) in [4.78, 5) is 26.6. The summed E-state index contributed by atoms with van der Waals surface area (Å²) in [5.74, 6) is -1.20. The van der Waals surface area contributed by atoms with Gasteiger partial charge in [0.05, 0.1) is 25.3 Å². The van der Waals surface area contributed by atoms with Gasteiger partial charge in [-0.3, -0.25) is 4.90 Å². The molecule has 0 saturated heterocycles. The molecule has 2 aromatic carbocycles. The molecule has 0 spiro atoms. The molecule has 0 fully saturated rings. The second-order valence-electron chi connectivity index (χ2n) is 6.19. The molecule has 0 aromatic heterocycles. The van der Waals surface area contributed by atoms with E-state index in [1.807, 2.05) is 30.3 Å². The number of ether oxygens (including phenoxy) is 1. The maximum absolute atomic E-state index is 12.7. The largest absolute Gasteiger partial charge is 0.504 e. The Bertz CT molecular complexity index is 908. The van der Waals surface area contributed by atoms with Gasteiger partial charge in [-0.15, -0.1) is 0 Å². The number of phenolic OH excluding ortho intramolecular Hbond substituents is 2. The Morgan fingerprint density at radius 3 is 2.48 bits per heavy atom. The molecule has 1 atom stereocenters. The monoisotopic (exact) mass is 368 g/mol. The third-order valence-corrected chi connectivity index (χ3v) is 4.52. The normalized spacial score (nSPS) is 16.9. The first-order chi connectivity index (χ1) is 12.9. The van der Waals surface area contributed by atoms with Crippen LogP contribution in [-0.2, 0) is 16.1 Å². The highest BCUT2D eigenvalue weighted by Gasteiger charge is 2.36. The Balaban J connectivity index is 2.04. The fourth-order valence-electron chi connectivity index (χ4n) is 3.08. The summed E-state index contributed by atoms with van der Waals surface area (Å²) < 4.78 is 4.91. The van der Waals surface area contributed by atoms with Crippen LogP contribution in [0.15, 0.2) is 59.8 Å². The van der Waals surface area contributed by atoms with Gasteiger partial charge in [-0.25, -0.2) is 9.59 Å². The number of nitrogens with one attached hydrogen (secondary N) is 1. The van der Waals surface area contributed by atoms with Crippen molar-refractivity contribution >= 4 is 12.0 Å². The van der Waals surface area contributed by atoms with Crippen molar-refractivity contribution < 1.29 is 24.5 Å².